The van der Waals surface area contributed by atoms with Crippen LogP contribution in [0.3, 0.4) is 0 Å². The second-order valence-corrected chi connectivity index (χ2v) is 4.65. The Morgan fingerprint density at radius 3 is 2.50 bits per heavy atom. The fourth-order valence-electron chi connectivity index (χ4n) is 1.95. The van der Waals surface area contributed by atoms with E-state index in [4.69, 9.17) is 4.42 Å². The fourth-order valence-corrected chi connectivity index (χ4v) is 1.95. The monoisotopic (exact) mass is 238 g/mol. The van der Waals surface area contributed by atoms with Crippen LogP contribution in [-0.2, 0) is 0 Å². The van der Waals surface area contributed by atoms with E-state index in [9.17, 15) is 0 Å². The van der Waals surface area contributed by atoms with Crippen LogP contribution in [0.1, 0.15) is 25.3 Å². The molecule has 1 aromatic carbocycles. The molecular weight excluding hydrogens is 224 g/mol. The van der Waals surface area contributed by atoms with Crippen LogP contribution >= 0.6 is 0 Å². The Morgan fingerprint density at radius 1 is 1.00 bits per heavy atom. The smallest absolute Gasteiger partial charge is 0.199 e. The van der Waals surface area contributed by atoms with Gasteiger partial charge < -0.3 is 4.42 Å². The average molecular weight is 238 g/mol. The highest BCUT2D eigenvalue weighted by Gasteiger charge is 2.05. The standard InChI is InChI=1S/C15H14N2O/c1-10(2)11-3-5-12(6-4-11)13-7-8-14-15(17-13)16-9-18-14/h3-10H,1-2H3. The maximum absolute atomic E-state index is 5.19. The lowest BCUT2D eigenvalue weighted by atomic mass is 10.0. The summed E-state index contributed by atoms with van der Waals surface area (Å²) < 4.78 is 5.19. The van der Waals surface area contributed by atoms with Crippen LogP contribution in [0.4, 0.5) is 0 Å². The highest BCUT2D eigenvalue weighted by atomic mass is 16.3. The van der Waals surface area contributed by atoms with E-state index >= 15 is 0 Å². The van der Waals surface area contributed by atoms with Crippen molar-refractivity contribution in [2.24, 2.45) is 0 Å². The van der Waals surface area contributed by atoms with E-state index in [1.54, 1.807) is 0 Å². The van der Waals surface area contributed by atoms with Gasteiger partial charge in [0.15, 0.2) is 17.6 Å². The minimum Gasteiger partial charge on any atom is -0.442 e. The highest BCUT2D eigenvalue weighted by molar-refractivity contribution is 5.72. The molecule has 0 bridgehead atoms. The van der Waals surface area contributed by atoms with E-state index in [0.717, 1.165) is 16.8 Å². The molecule has 0 N–H and O–H groups in total. The molecule has 0 saturated heterocycles. The lowest BCUT2D eigenvalue weighted by molar-refractivity contribution is 0.602. The second-order valence-electron chi connectivity index (χ2n) is 4.65. The molecule has 3 nitrogen and oxygen atoms in total. The largest absolute Gasteiger partial charge is 0.442 e. The Labute approximate surface area is 105 Å². The Kier molecular flexibility index (Phi) is 2.59. The third-order valence-electron chi connectivity index (χ3n) is 3.07. The summed E-state index contributed by atoms with van der Waals surface area (Å²) in [7, 11) is 0. The number of hydrogen-bond donors (Lipinski definition) is 0. The number of pyridine rings is 1. The van der Waals surface area contributed by atoms with Crippen molar-refractivity contribution in [3.63, 3.8) is 0 Å². The van der Waals surface area contributed by atoms with Gasteiger partial charge >= 0.3 is 0 Å². The second kappa shape index (κ2) is 4.26. The predicted molar refractivity (Wildman–Crippen MR) is 71.3 cm³/mol. The summed E-state index contributed by atoms with van der Waals surface area (Å²) in [6.45, 7) is 4.38. The molecule has 0 radical (unpaired) electrons. The topological polar surface area (TPSA) is 38.9 Å². The number of nitrogens with zero attached hydrogens (tertiary/aromatic N) is 2. The Morgan fingerprint density at radius 2 is 1.78 bits per heavy atom. The molecule has 0 spiro atoms. The maximum atomic E-state index is 5.19. The summed E-state index contributed by atoms with van der Waals surface area (Å²) in [5, 5.41) is 0. The first-order valence-corrected chi connectivity index (χ1v) is 6.04. The molecule has 0 aliphatic rings. The lowest BCUT2D eigenvalue weighted by Crippen LogP contribution is -1.88. The van der Waals surface area contributed by atoms with Gasteiger partial charge in [0.1, 0.15) is 0 Å². The fraction of sp³-hybridized carbons (Fsp3) is 0.200. The number of fused-ring (bicyclic) bond motifs is 1. The number of hydrogen-bond acceptors (Lipinski definition) is 3. The van der Waals surface area contributed by atoms with E-state index in [0.29, 0.717) is 11.6 Å². The van der Waals surface area contributed by atoms with Gasteiger partial charge in [-0.15, -0.1) is 0 Å². The van der Waals surface area contributed by atoms with Crippen LogP contribution in [0, 0.1) is 0 Å². The molecule has 0 amide bonds. The van der Waals surface area contributed by atoms with Gasteiger partial charge in [0, 0.05) is 5.56 Å². The van der Waals surface area contributed by atoms with Crippen LogP contribution in [0.15, 0.2) is 47.2 Å². The molecule has 3 rings (SSSR count). The van der Waals surface area contributed by atoms with Crippen LogP contribution < -0.4 is 0 Å². The number of oxazole rings is 1. The summed E-state index contributed by atoms with van der Waals surface area (Å²) >= 11 is 0. The van der Waals surface area contributed by atoms with Gasteiger partial charge in [0.2, 0.25) is 0 Å². The van der Waals surface area contributed by atoms with Gasteiger partial charge in [0.25, 0.3) is 0 Å². The molecule has 2 heterocycles. The first-order valence-electron chi connectivity index (χ1n) is 6.04. The molecule has 18 heavy (non-hydrogen) atoms. The summed E-state index contributed by atoms with van der Waals surface area (Å²) in [5.74, 6) is 0.546. The third-order valence-corrected chi connectivity index (χ3v) is 3.07. The third kappa shape index (κ3) is 1.88. The molecule has 90 valence electrons. The Bertz CT molecular complexity index is 668. The minimum atomic E-state index is 0.546. The van der Waals surface area contributed by atoms with Gasteiger partial charge in [-0.05, 0) is 23.6 Å². The molecule has 2 aromatic heterocycles. The number of rotatable bonds is 2. The van der Waals surface area contributed by atoms with E-state index in [1.807, 2.05) is 12.1 Å². The van der Waals surface area contributed by atoms with E-state index in [-0.39, 0.29) is 0 Å². The zero-order valence-electron chi connectivity index (χ0n) is 10.4. The van der Waals surface area contributed by atoms with Gasteiger partial charge in [-0.1, -0.05) is 38.1 Å². The van der Waals surface area contributed by atoms with Crippen molar-refractivity contribution in [1.82, 2.24) is 9.97 Å². The average Bonchev–Trinajstić information content (AvgIpc) is 2.86. The van der Waals surface area contributed by atoms with Gasteiger partial charge in [0.05, 0.1) is 5.69 Å². The maximum Gasteiger partial charge on any atom is 0.199 e. The van der Waals surface area contributed by atoms with Crippen LogP contribution in [0.5, 0.6) is 0 Å². The summed E-state index contributed by atoms with van der Waals surface area (Å²) in [6, 6.07) is 12.4. The molecule has 0 aliphatic heterocycles. The van der Waals surface area contributed by atoms with Crippen molar-refractivity contribution in [1.29, 1.82) is 0 Å². The van der Waals surface area contributed by atoms with Crippen LogP contribution in [0.25, 0.3) is 22.5 Å². The Hall–Kier alpha value is -2.16. The molecule has 0 fully saturated rings. The SMILES string of the molecule is CC(C)c1ccc(-c2ccc3ocnc3n2)cc1. The summed E-state index contributed by atoms with van der Waals surface area (Å²) in [5.41, 5.74) is 4.73. The molecule has 0 aliphatic carbocycles. The molecular formula is C15H14N2O. The lowest BCUT2D eigenvalue weighted by Gasteiger charge is -2.06. The normalized spacial score (nSPS) is 11.3. The van der Waals surface area contributed by atoms with Crippen LogP contribution in [-0.4, -0.2) is 9.97 Å². The van der Waals surface area contributed by atoms with Crippen molar-refractivity contribution in [2.45, 2.75) is 19.8 Å². The van der Waals surface area contributed by atoms with Crippen molar-refractivity contribution in [2.75, 3.05) is 0 Å². The summed E-state index contributed by atoms with van der Waals surface area (Å²) in [6.07, 6.45) is 1.42. The van der Waals surface area contributed by atoms with Gasteiger partial charge in [-0.2, -0.15) is 4.98 Å². The Balaban J connectivity index is 2.02. The number of benzene rings is 1. The van der Waals surface area contributed by atoms with E-state index in [1.165, 1.54) is 12.0 Å². The minimum absolute atomic E-state index is 0.546. The van der Waals surface area contributed by atoms with Gasteiger partial charge in [-0.25, -0.2) is 4.98 Å². The van der Waals surface area contributed by atoms with Crippen molar-refractivity contribution >= 4 is 11.2 Å². The van der Waals surface area contributed by atoms with Crippen molar-refractivity contribution in [3.8, 4) is 11.3 Å². The van der Waals surface area contributed by atoms with Crippen LogP contribution in [0.2, 0.25) is 0 Å². The van der Waals surface area contributed by atoms with E-state index in [2.05, 4.69) is 48.1 Å². The molecule has 3 aromatic rings. The first-order chi connectivity index (χ1) is 8.74. The quantitative estimate of drug-likeness (QED) is 0.677. The first kappa shape index (κ1) is 11.0. The zero-order valence-corrected chi connectivity index (χ0v) is 10.4. The predicted octanol–water partition coefficient (Wildman–Crippen LogP) is 4.01. The molecule has 0 unspecified atom stereocenters. The van der Waals surface area contributed by atoms with Crippen molar-refractivity contribution < 1.29 is 4.42 Å². The molecule has 0 saturated carbocycles. The summed E-state index contributed by atoms with van der Waals surface area (Å²) in [4.78, 5) is 8.55. The van der Waals surface area contributed by atoms with Gasteiger partial charge in [-0.3, -0.25) is 0 Å². The highest BCUT2D eigenvalue weighted by Crippen LogP contribution is 2.22. The zero-order chi connectivity index (χ0) is 12.5. The number of aromatic nitrogens is 2. The van der Waals surface area contributed by atoms with E-state index < -0.39 is 0 Å². The van der Waals surface area contributed by atoms with Crippen molar-refractivity contribution in [3.05, 3.63) is 48.4 Å². The molecule has 3 heteroatoms. The molecule has 0 atom stereocenters.